The van der Waals surface area contributed by atoms with Crippen molar-refractivity contribution in [3.05, 3.63) is 39.9 Å². The number of halogens is 1. The van der Waals surface area contributed by atoms with E-state index in [0.29, 0.717) is 23.9 Å². The van der Waals surface area contributed by atoms with Crippen LogP contribution in [0.15, 0.2) is 29.1 Å². The minimum atomic E-state index is -0.307. The van der Waals surface area contributed by atoms with Crippen molar-refractivity contribution >= 4 is 28.5 Å². The minimum Gasteiger partial charge on any atom is -0.469 e. The standard InChI is InChI=1S/C13H13ClN2O3/c1-19-11(17)7-4-8-16-12(18)9-5-2-3-6-10(9)15-13(16)14/h2-3,5-6H,4,7-8H2,1H3. The van der Waals surface area contributed by atoms with Crippen molar-refractivity contribution in [1.82, 2.24) is 9.55 Å². The second kappa shape index (κ2) is 5.84. The first kappa shape index (κ1) is 13.5. The molecule has 100 valence electrons. The Morgan fingerprint density at radius 1 is 1.42 bits per heavy atom. The van der Waals surface area contributed by atoms with Crippen LogP contribution in [-0.2, 0) is 16.1 Å². The van der Waals surface area contributed by atoms with Crippen molar-refractivity contribution < 1.29 is 9.53 Å². The predicted molar refractivity (Wildman–Crippen MR) is 72.3 cm³/mol. The fourth-order valence-corrected chi connectivity index (χ4v) is 2.07. The number of para-hydroxylation sites is 1. The Morgan fingerprint density at radius 2 is 2.16 bits per heavy atom. The first-order valence-corrected chi connectivity index (χ1v) is 6.23. The normalized spacial score (nSPS) is 10.6. The molecule has 19 heavy (non-hydrogen) atoms. The SMILES string of the molecule is COC(=O)CCCn1c(Cl)nc2ccccc2c1=O. The monoisotopic (exact) mass is 280 g/mol. The van der Waals surface area contributed by atoms with Crippen LogP contribution in [0, 0.1) is 0 Å². The van der Waals surface area contributed by atoms with E-state index in [0.717, 1.165) is 0 Å². The number of fused-ring (bicyclic) bond motifs is 1. The molecule has 1 heterocycles. The summed E-state index contributed by atoms with van der Waals surface area (Å²) < 4.78 is 5.91. The van der Waals surface area contributed by atoms with Crippen LogP contribution in [0.5, 0.6) is 0 Å². The zero-order valence-corrected chi connectivity index (χ0v) is 11.2. The number of esters is 1. The maximum Gasteiger partial charge on any atom is 0.305 e. The van der Waals surface area contributed by atoms with Gasteiger partial charge < -0.3 is 4.74 Å². The summed E-state index contributed by atoms with van der Waals surface area (Å²) in [7, 11) is 1.33. The Morgan fingerprint density at radius 3 is 2.89 bits per heavy atom. The van der Waals surface area contributed by atoms with Gasteiger partial charge in [0.1, 0.15) is 0 Å². The van der Waals surface area contributed by atoms with Crippen molar-refractivity contribution in [2.75, 3.05) is 7.11 Å². The number of hydrogen-bond donors (Lipinski definition) is 0. The Kier molecular flexibility index (Phi) is 4.16. The highest BCUT2D eigenvalue weighted by atomic mass is 35.5. The Labute approximate surface area is 114 Å². The molecule has 0 aliphatic rings. The van der Waals surface area contributed by atoms with E-state index in [-0.39, 0.29) is 23.2 Å². The molecule has 0 saturated carbocycles. The first-order valence-electron chi connectivity index (χ1n) is 5.85. The van der Waals surface area contributed by atoms with Gasteiger partial charge in [-0.2, -0.15) is 0 Å². The summed E-state index contributed by atoms with van der Waals surface area (Å²) >= 11 is 5.99. The lowest BCUT2D eigenvalue weighted by atomic mass is 10.2. The molecule has 5 nitrogen and oxygen atoms in total. The highest BCUT2D eigenvalue weighted by molar-refractivity contribution is 6.28. The van der Waals surface area contributed by atoms with Gasteiger partial charge in [-0.1, -0.05) is 12.1 Å². The van der Waals surface area contributed by atoms with E-state index in [4.69, 9.17) is 11.6 Å². The molecule has 0 aliphatic heterocycles. The third-order valence-corrected chi connectivity index (χ3v) is 3.09. The van der Waals surface area contributed by atoms with Gasteiger partial charge in [0.2, 0.25) is 5.28 Å². The highest BCUT2D eigenvalue weighted by Gasteiger charge is 2.09. The van der Waals surface area contributed by atoms with Gasteiger partial charge in [0, 0.05) is 13.0 Å². The van der Waals surface area contributed by atoms with Gasteiger partial charge in [0.15, 0.2) is 0 Å². The van der Waals surface area contributed by atoms with E-state index in [9.17, 15) is 9.59 Å². The molecule has 0 amide bonds. The van der Waals surface area contributed by atoms with Gasteiger partial charge >= 0.3 is 5.97 Å². The van der Waals surface area contributed by atoms with Crippen LogP contribution < -0.4 is 5.56 Å². The maximum absolute atomic E-state index is 12.2. The number of rotatable bonds is 4. The molecular weight excluding hydrogens is 268 g/mol. The van der Waals surface area contributed by atoms with Gasteiger partial charge in [-0.25, -0.2) is 4.98 Å². The zero-order chi connectivity index (χ0) is 13.8. The molecular formula is C13H13ClN2O3. The van der Waals surface area contributed by atoms with Crippen molar-refractivity contribution in [3.63, 3.8) is 0 Å². The Bertz CT molecular complexity index is 666. The van der Waals surface area contributed by atoms with Crippen LogP contribution in [0.25, 0.3) is 10.9 Å². The quantitative estimate of drug-likeness (QED) is 0.635. The number of benzene rings is 1. The first-order chi connectivity index (χ1) is 9.13. The number of aromatic nitrogens is 2. The predicted octanol–water partition coefficient (Wildman–Crippen LogP) is 2.00. The van der Waals surface area contributed by atoms with Crippen LogP contribution in [0.2, 0.25) is 5.28 Å². The van der Waals surface area contributed by atoms with Crippen molar-refractivity contribution in [2.24, 2.45) is 0 Å². The van der Waals surface area contributed by atoms with Crippen LogP contribution in [-0.4, -0.2) is 22.6 Å². The van der Waals surface area contributed by atoms with Crippen LogP contribution in [0.4, 0.5) is 0 Å². The average molecular weight is 281 g/mol. The Balaban J connectivity index is 2.28. The number of carbonyl (C=O) groups excluding carboxylic acids is 1. The van der Waals surface area contributed by atoms with Crippen molar-refractivity contribution in [1.29, 1.82) is 0 Å². The number of carbonyl (C=O) groups is 1. The van der Waals surface area contributed by atoms with E-state index in [2.05, 4.69) is 9.72 Å². The average Bonchev–Trinajstić information content (AvgIpc) is 2.42. The minimum absolute atomic E-state index is 0.133. The van der Waals surface area contributed by atoms with Gasteiger partial charge in [-0.05, 0) is 30.2 Å². The summed E-state index contributed by atoms with van der Waals surface area (Å²) in [6.45, 7) is 0.338. The molecule has 0 unspecified atom stereocenters. The lowest BCUT2D eigenvalue weighted by Gasteiger charge is -2.08. The molecule has 0 atom stereocenters. The van der Waals surface area contributed by atoms with Gasteiger partial charge in [0.25, 0.3) is 5.56 Å². The fraction of sp³-hybridized carbons (Fsp3) is 0.308. The second-order valence-corrected chi connectivity index (χ2v) is 4.37. The van der Waals surface area contributed by atoms with Gasteiger partial charge in [-0.3, -0.25) is 14.2 Å². The number of methoxy groups -OCH3 is 1. The highest BCUT2D eigenvalue weighted by Crippen LogP contribution is 2.12. The van der Waals surface area contributed by atoms with Crippen LogP contribution >= 0.6 is 11.6 Å². The largest absolute Gasteiger partial charge is 0.469 e. The summed E-state index contributed by atoms with van der Waals surface area (Å²) in [4.78, 5) is 27.4. The lowest BCUT2D eigenvalue weighted by Crippen LogP contribution is -2.22. The van der Waals surface area contributed by atoms with E-state index < -0.39 is 0 Å². The van der Waals surface area contributed by atoms with E-state index in [1.807, 2.05) is 0 Å². The van der Waals surface area contributed by atoms with Crippen molar-refractivity contribution in [3.8, 4) is 0 Å². The second-order valence-electron chi connectivity index (χ2n) is 4.03. The topological polar surface area (TPSA) is 61.2 Å². The third kappa shape index (κ3) is 2.93. The lowest BCUT2D eigenvalue weighted by molar-refractivity contribution is -0.140. The van der Waals surface area contributed by atoms with Crippen LogP contribution in [0.3, 0.4) is 0 Å². The number of ether oxygens (including phenoxy) is 1. The fourth-order valence-electron chi connectivity index (χ4n) is 1.82. The van der Waals surface area contributed by atoms with Gasteiger partial charge in [-0.15, -0.1) is 0 Å². The van der Waals surface area contributed by atoms with Crippen LogP contribution in [0.1, 0.15) is 12.8 Å². The molecule has 1 aromatic heterocycles. The molecule has 2 rings (SSSR count). The van der Waals surface area contributed by atoms with E-state index >= 15 is 0 Å². The summed E-state index contributed by atoms with van der Waals surface area (Å²) in [6, 6.07) is 7.02. The smallest absolute Gasteiger partial charge is 0.305 e. The Hall–Kier alpha value is -1.88. The molecule has 0 bridgehead atoms. The molecule has 0 spiro atoms. The van der Waals surface area contributed by atoms with E-state index in [1.165, 1.54) is 11.7 Å². The van der Waals surface area contributed by atoms with Crippen molar-refractivity contribution in [2.45, 2.75) is 19.4 Å². The third-order valence-electron chi connectivity index (χ3n) is 2.81. The molecule has 0 N–H and O–H groups in total. The summed E-state index contributed by atoms with van der Waals surface area (Å²) in [5, 5.41) is 0.651. The summed E-state index contributed by atoms with van der Waals surface area (Å²) in [6.07, 6.45) is 0.721. The molecule has 1 aromatic carbocycles. The zero-order valence-electron chi connectivity index (χ0n) is 10.4. The molecule has 0 saturated heterocycles. The molecule has 0 radical (unpaired) electrons. The maximum atomic E-state index is 12.2. The molecule has 2 aromatic rings. The van der Waals surface area contributed by atoms with E-state index in [1.54, 1.807) is 24.3 Å². The summed E-state index contributed by atoms with van der Waals surface area (Å²) in [5.41, 5.74) is 0.377. The molecule has 0 fully saturated rings. The molecule has 6 heteroatoms. The summed E-state index contributed by atoms with van der Waals surface area (Å²) in [5.74, 6) is -0.307. The molecule has 0 aliphatic carbocycles. The number of nitrogens with zero attached hydrogens (tertiary/aromatic N) is 2. The number of hydrogen-bond acceptors (Lipinski definition) is 4. The van der Waals surface area contributed by atoms with Gasteiger partial charge in [0.05, 0.1) is 18.0 Å².